The number of ether oxygens (including phenoxy) is 2. The van der Waals surface area contributed by atoms with Crippen LogP contribution in [0.4, 0.5) is 0 Å². The first-order valence-corrected chi connectivity index (χ1v) is 7.74. The van der Waals surface area contributed by atoms with E-state index in [9.17, 15) is 4.79 Å². The Balaban J connectivity index is 2.38. The van der Waals surface area contributed by atoms with Gasteiger partial charge in [-0.05, 0) is 37.1 Å². The Morgan fingerprint density at radius 3 is 2.52 bits per heavy atom. The van der Waals surface area contributed by atoms with Crippen molar-refractivity contribution in [2.75, 3.05) is 20.3 Å². The Bertz CT molecular complexity index is 403. The molecule has 1 unspecified atom stereocenters. The molecule has 4 nitrogen and oxygen atoms in total. The van der Waals surface area contributed by atoms with Crippen molar-refractivity contribution in [3.63, 3.8) is 0 Å². The van der Waals surface area contributed by atoms with E-state index in [0.29, 0.717) is 13.0 Å². The molecule has 1 N–H and O–H groups in total. The fourth-order valence-electron chi connectivity index (χ4n) is 2.12. The summed E-state index contributed by atoms with van der Waals surface area (Å²) in [4.78, 5) is 11.5. The van der Waals surface area contributed by atoms with Crippen LogP contribution in [0.5, 0.6) is 5.75 Å². The van der Waals surface area contributed by atoms with Crippen molar-refractivity contribution in [3.8, 4) is 5.75 Å². The molecule has 0 amide bonds. The smallest absolute Gasteiger partial charge is 0.322 e. The maximum atomic E-state index is 11.5. The third-order valence-corrected chi connectivity index (χ3v) is 3.35. The van der Waals surface area contributed by atoms with Gasteiger partial charge in [0, 0.05) is 6.42 Å². The number of hydrogen-bond donors (Lipinski definition) is 1. The van der Waals surface area contributed by atoms with Gasteiger partial charge in [0.2, 0.25) is 0 Å². The van der Waals surface area contributed by atoms with Gasteiger partial charge in [-0.15, -0.1) is 0 Å². The van der Waals surface area contributed by atoms with E-state index >= 15 is 0 Å². The fraction of sp³-hybridized carbons (Fsp3) is 0.588. The first-order chi connectivity index (χ1) is 10.2. The van der Waals surface area contributed by atoms with Gasteiger partial charge in [0.25, 0.3) is 0 Å². The van der Waals surface area contributed by atoms with Crippen LogP contribution in [0.3, 0.4) is 0 Å². The number of carbonyl (C=O) groups excluding carboxylic acids is 1. The monoisotopic (exact) mass is 293 g/mol. The molecular weight excluding hydrogens is 266 g/mol. The second kappa shape index (κ2) is 10.2. The molecule has 0 bridgehead atoms. The Morgan fingerprint density at radius 1 is 1.24 bits per heavy atom. The van der Waals surface area contributed by atoms with Crippen molar-refractivity contribution in [1.29, 1.82) is 0 Å². The highest BCUT2D eigenvalue weighted by Gasteiger charge is 2.17. The van der Waals surface area contributed by atoms with Gasteiger partial charge in [-0.3, -0.25) is 4.79 Å². The summed E-state index contributed by atoms with van der Waals surface area (Å²) in [6.45, 7) is 5.37. The van der Waals surface area contributed by atoms with Gasteiger partial charge in [-0.2, -0.15) is 0 Å². The van der Waals surface area contributed by atoms with Crippen LogP contribution in [-0.2, 0) is 16.0 Å². The molecule has 21 heavy (non-hydrogen) atoms. The minimum atomic E-state index is -0.302. The maximum absolute atomic E-state index is 11.5. The highest BCUT2D eigenvalue weighted by molar-refractivity contribution is 5.75. The lowest BCUT2D eigenvalue weighted by Gasteiger charge is -2.15. The zero-order valence-electron chi connectivity index (χ0n) is 13.4. The molecule has 4 heteroatoms. The third kappa shape index (κ3) is 6.63. The molecule has 0 heterocycles. The number of esters is 1. The lowest BCUT2D eigenvalue weighted by molar-refractivity contribution is -0.143. The molecule has 1 rings (SSSR count). The average Bonchev–Trinajstić information content (AvgIpc) is 2.52. The van der Waals surface area contributed by atoms with Gasteiger partial charge >= 0.3 is 5.97 Å². The quantitative estimate of drug-likeness (QED) is 0.674. The van der Waals surface area contributed by atoms with E-state index in [1.165, 1.54) is 25.5 Å². The second-order valence-electron chi connectivity index (χ2n) is 5.02. The van der Waals surface area contributed by atoms with Crippen LogP contribution < -0.4 is 10.1 Å². The summed E-state index contributed by atoms with van der Waals surface area (Å²) < 4.78 is 10.5. The van der Waals surface area contributed by atoms with Crippen molar-refractivity contribution in [3.05, 3.63) is 29.8 Å². The van der Waals surface area contributed by atoms with Gasteiger partial charge < -0.3 is 14.8 Å². The molecule has 0 saturated carbocycles. The van der Waals surface area contributed by atoms with Crippen molar-refractivity contribution >= 4 is 5.97 Å². The SMILES string of the molecule is CCCCc1ccc(OCCC(NCC)C(=O)OC)cc1. The van der Waals surface area contributed by atoms with Crippen LogP contribution >= 0.6 is 0 Å². The number of nitrogens with one attached hydrogen (secondary N) is 1. The molecule has 0 aromatic heterocycles. The molecule has 1 aromatic carbocycles. The second-order valence-corrected chi connectivity index (χ2v) is 5.02. The van der Waals surface area contributed by atoms with Crippen LogP contribution in [0.2, 0.25) is 0 Å². The number of likely N-dealkylation sites (N-methyl/N-ethyl adjacent to an activating group) is 1. The molecule has 0 saturated heterocycles. The summed E-state index contributed by atoms with van der Waals surface area (Å²) in [6, 6.07) is 7.89. The number of aryl methyl sites for hydroxylation is 1. The maximum Gasteiger partial charge on any atom is 0.322 e. The normalized spacial score (nSPS) is 12.0. The lowest BCUT2D eigenvalue weighted by atomic mass is 10.1. The number of carbonyl (C=O) groups is 1. The third-order valence-electron chi connectivity index (χ3n) is 3.35. The van der Waals surface area contributed by atoms with Gasteiger partial charge in [0.15, 0.2) is 0 Å². The number of rotatable bonds is 10. The first-order valence-electron chi connectivity index (χ1n) is 7.74. The van der Waals surface area contributed by atoms with Crippen LogP contribution in [0.25, 0.3) is 0 Å². The number of benzene rings is 1. The van der Waals surface area contributed by atoms with E-state index in [1.807, 2.05) is 19.1 Å². The van der Waals surface area contributed by atoms with Gasteiger partial charge in [0.1, 0.15) is 11.8 Å². The number of unbranched alkanes of at least 4 members (excludes halogenated alkanes) is 1. The van der Waals surface area contributed by atoms with Crippen molar-refractivity contribution in [1.82, 2.24) is 5.32 Å². The minimum absolute atomic E-state index is 0.240. The number of methoxy groups -OCH3 is 1. The summed E-state index contributed by atoms with van der Waals surface area (Å²) in [5.41, 5.74) is 1.34. The van der Waals surface area contributed by atoms with Crippen LogP contribution in [0.15, 0.2) is 24.3 Å². The van der Waals surface area contributed by atoms with Gasteiger partial charge in [-0.25, -0.2) is 0 Å². The Kier molecular flexibility index (Phi) is 8.51. The van der Waals surface area contributed by atoms with Crippen molar-refractivity contribution in [2.24, 2.45) is 0 Å². The van der Waals surface area contributed by atoms with Crippen molar-refractivity contribution < 1.29 is 14.3 Å². The highest BCUT2D eigenvalue weighted by atomic mass is 16.5. The molecular formula is C17H27NO3. The first kappa shape index (κ1) is 17.5. The van der Waals surface area contributed by atoms with Crippen LogP contribution in [0.1, 0.15) is 38.7 Å². The predicted molar refractivity (Wildman–Crippen MR) is 84.6 cm³/mol. The van der Waals surface area contributed by atoms with Crippen LogP contribution in [-0.4, -0.2) is 32.3 Å². The lowest BCUT2D eigenvalue weighted by Crippen LogP contribution is -2.38. The summed E-state index contributed by atoms with van der Waals surface area (Å²) in [6.07, 6.45) is 4.13. The van der Waals surface area contributed by atoms with E-state index < -0.39 is 0 Å². The molecule has 0 aliphatic carbocycles. The predicted octanol–water partition coefficient (Wildman–Crippen LogP) is 2.95. The fourth-order valence-corrected chi connectivity index (χ4v) is 2.12. The van der Waals surface area contributed by atoms with E-state index in [1.54, 1.807) is 0 Å². The summed E-state index contributed by atoms with van der Waals surface area (Å²) in [7, 11) is 1.41. The summed E-state index contributed by atoms with van der Waals surface area (Å²) >= 11 is 0. The van der Waals surface area contributed by atoms with Gasteiger partial charge in [0.05, 0.1) is 13.7 Å². The van der Waals surface area contributed by atoms with E-state index in [2.05, 4.69) is 24.4 Å². The van der Waals surface area contributed by atoms with E-state index in [-0.39, 0.29) is 12.0 Å². The zero-order chi connectivity index (χ0) is 15.5. The van der Waals surface area contributed by atoms with E-state index in [4.69, 9.17) is 9.47 Å². The van der Waals surface area contributed by atoms with Crippen molar-refractivity contribution in [2.45, 2.75) is 45.6 Å². The average molecular weight is 293 g/mol. The molecule has 0 radical (unpaired) electrons. The molecule has 0 aliphatic heterocycles. The zero-order valence-corrected chi connectivity index (χ0v) is 13.4. The highest BCUT2D eigenvalue weighted by Crippen LogP contribution is 2.14. The van der Waals surface area contributed by atoms with E-state index in [0.717, 1.165) is 18.7 Å². The van der Waals surface area contributed by atoms with Gasteiger partial charge in [-0.1, -0.05) is 32.4 Å². The Labute approximate surface area is 127 Å². The molecule has 0 spiro atoms. The molecule has 0 aliphatic rings. The largest absolute Gasteiger partial charge is 0.494 e. The molecule has 1 atom stereocenters. The molecule has 1 aromatic rings. The number of hydrogen-bond acceptors (Lipinski definition) is 4. The summed E-state index contributed by atoms with van der Waals surface area (Å²) in [5, 5.41) is 3.10. The Hall–Kier alpha value is -1.55. The Morgan fingerprint density at radius 2 is 1.95 bits per heavy atom. The molecule has 118 valence electrons. The topological polar surface area (TPSA) is 47.6 Å². The summed E-state index contributed by atoms with van der Waals surface area (Å²) in [5.74, 6) is 0.603. The molecule has 0 fully saturated rings. The standard InChI is InChI=1S/C17H27NO3/c1-4-6-7-14-8-10-15(11-9-14)21-13-12-16(18-5-2)17(19)20-3/h8-11,16,18H,4-7,12-13H2,1-3H3. The van der Waals surface area contributed by atoms with Crippen LogP contribution in [0, 0.1) is 0 Å². The minimum Gasteiger partial charge on any atom is -0.494 e.